The van der Waals surface area contributed by atoms with Crippen molar-refractivity contribution in [2.75, 3.05) is 7.11 Å². The zero-order chi connectivity index (χ0) is 18.0. The molecule has 0 aliphatic heterocycles. The van der Waals surface area contributed by atoms with Crippen LogP contribution in [-0.2, 0) is 17.1 Å². The van der Waals surface area contributed by atoms with E-state index in [1.54, 1.807) is 16.8 Å². The molecule has 0 saturated heterocycles. The summed E-state index contributed by atoms with van der Waals surface area (Å²) in [5, 5.41) is 10.5. The monoisotopic (exact) mass is 382 g/mol. The van der Waals surface area contributed by atoms with E-state index in [4.69, 9.17) is 14.9 Å². The van der Waals surface area contributed by atoms with Crippen molar-refractivity contribution in [3.8, 4) is 16.3 Å². The molecule has 1 fully saturated rings. The van der Waals surface area contributed by atoms with Gasteiger partial charge < -0.3 is 4.74 Å². The molecule has 1 aliphatic rings. The lowest BCUT2D eigenvalue weighted by molar-refractivity contribution is 0.403. The van der Waals surface area contributed by atoms with Gasteiger partial charge in [0.15, 0.2) is 0 Å². The van der Waals surface area contributed by atoms with Crippen LogP contribution in [0.2, 0.25) is 0 Å². The van der Waals surface area contributed by atoms with Crippen molar-refractivity contribution in [1.82, 2.24) is 9.78 Å². The fraction of sp³-hybridized carbons (Fsp3) is 0.500. The van der Waals surface area contributed by atoms with E-state index in [9.17, 15) is 8.42 Å². The van der Waals surface area contributed by atoms with E-state index in [0.29, 0.717) is 16.6 Å². The van der Waals surface area contributed by atoms with E-state index < -0.39 is 10.0 Å². The normalized spacial score (nSPS) is 17.0. The maximum absolute atomic E-state index is 11.8. The van der Waals surface area contributed by atoms with Gasteiger partial charge in [-0.25, -0.2) is 18.2 Å². The zero-order valence-corrected chi connectivity index (χ0v) is 15.9. The standard InChI is InChI=1S/C16H22N4O3S2/c1-20-16(18-12-6-4-3-5-7-12)24-15(19-20)11-8-9-13(23-2)14(10-11)25(17,21)22/h8-10,12H,3-7H2,1-2H3,(H2,17,21,22)/b18-16+. The quantitative estimate of drug-likeness (QED) is 0.874. The van der Waals surface area contributed by atoms with Gasteiger partial charge in [0.25, 0.3) is 0 Å². The minimum absolute atomic E-state index is 0.0453. The minimum atomic E-state index is -3.88. The molecular formula is C16H22N4O3S2. The first-order valence-corrected chi connectivity index (χ1v) is 10.5. The molecule has 1 saturated carbocycles. The molecule has 0 atom stereocenters. The van der Waals surface area contributed by atoms with Crippen molar-refractivity contribution in [3.05, 3.63) is 23.0 Å². The molecule has 1 heterocycles. The molecule has 2 N–H and O–H groups in total. The average molecular weight is 383 g/mol. The van der Waals surface area contributed by atoms with E-state index in [0.717, 1.165) is 17.6 Å². The highest BCUT2D eigenvalue weighted by atomic mass is 32.2. The number of nitrogens with zero attached hydrogens (tertiary/aromatic N) is 3. The predicted octanol–water partition coefficient (Wildman–Crippen LogP) is 2.04. The molecule has 2 aromatic rings. The molecule has 0 radical (unpaired) electrons. The van der Waals surface area contributed by atoms with Crippen molar-refractivity contribution in [2.45, 2.75) is 43.0 Å². The van der Waals surface area contributed by atoms with Crippen LogP contribution in [0.5, 0.6) is 5.75 Å². The van der Waals surface area contributed by atoms with Crippen molar-refractivity contribution in [1.29, 1.82) is 0 Å². The molecule has 136 valence electrons. The van der Waals surface area contributed by atoms with Crippen LogP contribution in [0.1, 0.15) is 32.1 Å². The number of aromatic nitrogens is 2. The van der Waals surface area contributed by atoms with Gasteiger partial charge in [-0.1, -0.05) is 30.6 Å². The largest absolute Gasteiger partial charge is 0.495 e. The summed E-state index contributed by atoms with van der Waals surface area (Å²) in [5.41, 5.74) is 0.676. The van der Waals surface area contributed by atoms with Gasteiger partial charge in [-0.3, -0.25) is 4.99 Å². The van der Waals surface area contributed by atoms with Crippen LogP contribution in [-0.4, -0.2) is 31.3 Å². The lowest BCUT2D eigenvalue weighted by Gasteiger charge is -2.16. The van der Waals surface area contributed by atoms with E-state index in [-0.39, 0.29) is 10.6 Å². The molecular weight excluding hydrogens is 360 g/mol. The van der Waals surface area contributed by atoms with E-state index in [1.807, 2.05) is 7.05 Å². The van der Waals surface area contributed by atoms with Crippen molar-refractivity contribution >= 4 is 21.4 Å². The number of benzene rings is 1. The summed E-state index contributed by atoms with van der Waals surface area (Å²) in [6.45, 7) is 0. The maximum atomic E-state index is 11.8. The smallest absolute Gasteiger partial charge is 0.241 e. The Morgan fingerprint density at radius 2 is 2.04 bits per heavy atom. The summed E-state index contributed by atoms with van der Waals surface area (Å²) in [4.78, 5) is 5.62. The second kappa shape index (κ2) is 7.27. The third kappa shape index (κ3) is 4.10. The number of hydrogen-bond donors (Lipinski definition) is 1. The van der Waals surface area contributed by atoms with Crippen LogP contribution in [0, 0.1) is 0 Å². The SMILES string of the molecule is COc1ccc(-c2nn(C)/c(=N\C3CCCCC3)s2)cc1S(N)(=O)=O. The number of sulfonamides is 1. The van der Waals surface area contributed by atoms with Crippen LogP contribution >= 0.6 is 11.3 Å². The summed E-state index contributed by atoms with van der Waals surface area (Å²) >= 11 is 1.45. The molecule has 0 amide bonds. The summed E-state index contributed by atoms with van der Waals surface area (Å²) in [7, 11) is -0.617. The highest BCUT2D eigenvalue weighted by molar-refractivity contribution is 7.89. The fourth-order valence-corrected chi connectivity index (χ4v) is 4.66. The molecule has 0 bridgehead atoms. The minimum Gasteiger partial charge on any atom is -0.495 e. The first kappa shape index (κ1) is 18.1. The number of ether oxygens (including phenoxy) is 1. The highest BCUT2D eigenvalue weighted by Crippen LogP contribution is 2.29. The number of aryl methyl sites for hydroxylation is 1. The molecule has 1 aromatic carbocycles. The van der Waals surface area contributed by atoms with Gasteiger partial charge in [0, 0.05) is 12.6 Å². The van der Waals surface area contributed by atoms with E-state index >= 15 is 0 Å². The number of hydrogen-bond acceptors (Lipinski definition) is 6. The Balaban J connectivity index is 2.00. The van der Waals surface area contributed by atoms with Gasteiger partial charge in [0.05, 0.1) is 13.2 Å². The molecule has 0 spiro atoms. The van der Waals surface area contributed by atoms with Gasteiger partial charge in [-0.05, 0) is 31.0 Å². The summed E-state index contributed by atoms with van der Waals surface area (Å²) in [5.74, 6) is 0.222. The topological polar surface area (TPSA) is 99.6 Å². The molecule has 7 nitrogen and oxygen atoms in total. The molecule has 1 aliphatic carbocycles. The Labute approximate surface area is 151 Å². The van der Waals surface area contributed by atoms with E-state index in [2.05, 4.69) is 5.10 Å². The highest BCUT2D eigenvalue weighted by Gasteiger charge is 2.18. The number of rotatable bonds is 4. The van der Waals surface area contributed by atoms with Crippen molar-refractivity contribution in [2.24, 2.45) is 17.2 Å². The molecule has 0 unspecified atom stereocenters. The summed E-state index contributed by atoms with van der Waals surface area (Å²) in [6, 6.07) is 5.21. The van der Waals surface area contributed by atoms with Crippen LogP contribution < -0.4 is 14.7 Å². The van der Waals surface area contributed by atoms with Crippen LogP contribution in [0.4, 0.5) is 0 Å². The molecule has 3 rings (SSSR count). The Morgan fingerprint density at radius 1 is 1.32 bits per heavy atom. The van der Waals surface area contributed by atoms with Gasteiger partial charge in [0.2, 0.25) is 14.8 Å². The maximum Gasteiger partial charge on any atom is 0.241 e. The van der Waals surface area contributed by atoms with Crippen LogP contribution in [0.25, 0.3) is 10.6 Å². The Hall–Kier alpha value is -1.71. The van der Waals surface area contributed by atoms with Gasteiger partial charge in [-0.15, -0.1) is 0 Å². The van der Waals surface area contributed by atoms with Crippen LogP contribution in [0.15, 0.2) is 28.1 Å². The Bertz CT molecular complexity index is 925. The molecule has 25 heavy (non-hydrogen) atoms. The Morgan fingerprint density at radius 3 is 2.68 bits per heavy atom. The number of methoxy groups -OCH3 is 1. The molecule has 1 aromatic heterocycles. The second-order valence-corrected chi connectivity index (χ2v) is 8.63. The van der Waals surface area contributed by atoms with Crippen molar-refractivity contribution < 1.29 is 13.2 Å². The lowest BCUT2D eigenvalue weighted by atomic mass is 9.96. The fourth-order valence-electron chi connectivity index (χ4n) is 2.98. The third-order valence-electron chi connectivity index (χ3n) is 4.29. The second-order valence-electron chi connectivity index (χ2n) is 6.14. The number of primary sulfonamides is 1. The number of nitrogens with two attached hydrogens (primary N) is 1. The predicted molar refractivity (Wildman–Crippen MR) is 96.9 cm³/mol. The Kier molecular flexibility index (Phi) is 5.26. The zero-order valence-electron chi connectivity index (χ0n) is 14.3. The summed E-state index contributed by atoms with van der Waals surface area (Å²) < 4.78 is 30.4. The van der Waals surface area contributed by atoms with Gasteiger partial charge in [-0.2, -0.15) is 5.10 Å². The summed E-state index contributed by atoms with van der Waals surface area (Å²) in [6.07, 6.45) is 5.96. The van der Waals surface area contributed by atoms with Crippen molar-refractivity contribution in [3.63, 3.8) is 0 Å². The molecule has 9 heteroatoms. The van der Waals surface area contributed by atoms with Crippen LogP contribution in [0.3, 0.4) is 0 Å². The first-order valence-electron chi connectivity index (χ1n) is 8.17. The van der Waals surface area contributed by atoms with Gasteiger partial charge >= 0.3 is 0 Å². The lowest BCUT2D eigenvalue weighted by Crippen LogP contribution is -2.18. The van der Waals surface area contributed by atoms with Gasteiger partial charge in [0.1, 0.15) is 15.7 Å². The first-order chi connectivity index (χ1) is 11.9. The third-order valence-corrected chi connectivity index (χ3v) is 6.29. The average Bonchev–Trinajstić information content (AvgIpc) is 2.95. The van der Waals surface area contributed by atoms with E-state index in [1.165, 1.54) is 43.8 Å².